The quantitative estimate of drug-likeness (QED) is 0.397. The van der Waals surface area contributed by atoms with Crippen molar-refractivity contribution in [1.29, 1.82) is 0 Å². The summed E-state index contributed by atoms with van der Waals surface area (Å²) in [5.74, 6) is 6.51. The average Bonchev–Trinajstić information content (AvgIpc) is 2.18. The van der Waals surface area contributed by atoms with E-state index >= 15 is 0 Å². The summed E-state index contributed by atoms with van der Waals surface area (Å²) in [5, 5.41) is 0. The lowest BCUT2D eigenvalue weighted by atomic mass is 10.5. The molecule has 3 N–H and O–H groups in total. The highest BCUT2D eigenvalue weighted by atomic mass is 15.3. The van der Waals surface area contributed by atoms with E-state index in [4.69, 9.17) is 5.84 Å². The Kier molecular flexibility index (Phi) is 3.22. The van der Waals surface area contributed by atoms with Gasteiger partial charge in [-0.2, -0.15) is 0 Å². The van der Waals surface area contributed by atoms with Gasteiger partial charge in [-0.05, 0) is 0 Å². The van der Waals surface area contributed by atoms with Gasteiger partial charge in [0.1, 0.15) is 5.82 Å². The Morgan fingerprint density at radius 3 is 3.08 bits per heavy atom. The van der Waals surface area contributed by atoms with Gasteiger partial charge >= 0.3 is 0 Å². The van der Waals surface area contributed by atoms with Gasteiger partial charge < -0.3 is 10.3 Å². The number of hydrogen-bond acceptors (Lipinski definition) is 5. The van der Waals surface area contributed by atoms with Crippen LogP contribution >= 0.6 is 0 Å². The zero-order chi connectivity index (χ0) is 9.68. The summed E-state index contributed by atoms with van der Waals surface area (Å²) in [6.45, 7) is 4.36. The summed E-state index contributed by atoms with van der Waals surface area (Å²) < 4.78 is 0. The molecule has 0 radical (unpaired) electrons. The Bertz CT molecular complexity index is 286. The van der Waals surface area contributed by atoms with Gasteiger partial charge in [0.15, 0.2) is 5.82 Å². The first-order chi connectivity index (χ1) is 6.27. The van der Waals surface area contributed by atoms with Crippen molar-refractivity contribution in [3.8, 4) is 0 Å². The molecular weight excluding hydrogens is 166 g/mol. The number of aromatic nitrogens is 2. The third-order valence-electron chi connectivity index (χ3n) is 1.56. The molecule has 0 aliphatic rings. The number of nitrogen functional groups attached to an aromatic ring is 1. The molecule has 0 spiro atoms. The standard InChI is InChI=1S/C8H13N5/c1-3-4-13(2)8-6-10-5-7(11-8)12-9/h3,5-6H,1,4,9H2,2H3,(H,11,12). The molecule has 0 unspecified atom stereocenters. The molecular formula is C8H13N5. The van der Waals surface area contributed by atoms with Gasteiger partial charge in [-0.3, -0.25) is 4.98 Å². The molecule has 0 atom stereocenters. The third-order valence-corrected chi connectivity index (χ3v) is 1.56. The summed E-state index contributed by atoms with van der Waals surface area (Å²) in [4.78, 5) is 10.1. The summed E-state index contributed by atoms with van der Waals surface area (Å²) in [6.07, 6.45) is 5.03. The molecule has 1 aromatic rings. The van der Waals surface area contributed by atoms with Crippen LogP contribution in [0.4, 0.5) is 11.6 Å². The third kappa shape index (κ3) is 2.41. The normalized spacial score (nSPS) is 9.38. The molecule has 0 saturated carbocycles. The molecule has 5 heteroatoms. The minimum Gasteiger partial charge on any atom is -0.355 e. The van der Waals surface area contributed by atoms with E-state index in [1.807, 2.05) is 11.9 Å². The average molecular weight is 179 g/mol. The van der Waals surface area contributed by atoms with E-state index in [0.29, 0.717) is 5.82 Å². The van der Waals surface area contributed by atoms with Crippen LogP contribution in [0.3, 0.4) is 0 Å². The van der Waals surface area contributed by atoms with Crippen LogP contribution in [0.15, 0.2) is 25.0 Å². The highest BCUT2D eigenvalue weighted by Crippen LogP contribution is 2.09. The molecule has 0 saturated heterocycles. The minimum absolute atomic E-state index is 0.549. The van der Waals surface area contributed by atoms with Gasteiger partial charge in [-0.1, -0.05) is 6.08 Å². The van der Waals surface area contributed by atoms with E-state index in [0.717, 1.165) is 12.4 Å². The molecule has 0 bridgehead atoms. The molecule has 1 heterocycles. The van der Waals surface area contributed by atoms with Crippen molar-refractivity contribution in [2.24, 2.45) is 5.84 Å². The fourth-order valence-electron chi connectivity index (χ4n) is 0.896. The van der Waals surface area contributed by atoms with Gasteiger partial charge in [-0.15, -0.1) is 6.58 Å². The number of rotatable bonds is 4. The van der Waals surface area contributed by atoms with Gasteiger partial charge in [0.05, 0.1) is 12.4 Å². The molecule has 5 nitrogen and oxygen atoms in total. The second-order valence-corrected chi connectivity index (χ2v) is 2.58. The second kappa shape index (κ2) is 4.42. The minimum atomic E-state index is 0.549. The molecule has 13 heavy (non-hydrogen) atoms. The van der Waals surface area contributed by atoms with Gasteiger partial charge in [0.25, 0.3) is 0 Å². The molecule has 0 aliphatic heterocycles. The number of nitrogens with two attached hydrogens (primary N) is 1. The number of hydrogen-bond donors (Lipinski definition) is 2. The highest BCUT2D eigenvalue weighted by molar-refractivity contribution is 5.42. The molecule has 1 rings (SSSR count). The van der Waals surface area contributed by atoms with Gasteiger partial charge in [0, 0.05) is 13.6 Å². The summed E-state index contributed by atoms with van der Waals surface area (Å²) >= 11 is 0. The number of nitrogens with one attached hydrogen (secondary N) is 1. The Morgan fingerprint density at radius 2 is 2.46 bits per heavy atom. The lowest BCUT2D eigenvalue weighted by Gasteiger charge is -2.15. The van der Waals surface area contributed by atoms with Crippen molar-refractivity contribution in [3.05, 3.63) is 25.0 Å². The van der Waals surface area contributed by atoms with Crippen LogP contribution in [-0.2, 0) is 0 Å². The molecule has 70 valence electrons. The largest absolute Gasteiger partial charge is 0.355 e. The first-order valence-electron chi connectivity index (χ1n) is 3.88. The van der Waals surface area contributed by atoms with Crippen LogP contribution in [0.5, 0.6) is 0 Å². The topological polar surface area (TPSA) is 67.1 Å². The zero-order valence-corrected chi connectivity index (χ0v) is 7.57. The second-order valence-electron chi connectivity index (χ2n) is 2.58. The van der Waals surface area contributed by atoms with Crippen LogP contribution in [0.2, 0.25) is 0 Å². The maximum atomic E-state index is 5.20. The van der Waals surface area contributed by atoms with E-state index in [-0.39, 0.29) is 0 Å². The number of anilines is 2. The van der Waals surface area contributed by atoms with Crippen molar-refractivity contribution < 1.29 is 0 Å². The number of nitrogens with zero attached hydrogens (tertiary/aromatic N) is 3. The lowest BCUT2D eigenvalue weighted by molar-refractivity contribution is 0.974. The van der Waals surface area contributed by atoms with E-state index in [1.165, 1.54) is 0 Å². The predicted octanol–water partition coefficient (Wildman–Crippen LogP) is 0.384. The Labute approximate surface area is 77.3 Å². The number of hydrazine groups is 1. The van der Waals surface area contributed by atoms with E-state index in [9.17, 15) is 0 Å². The van der Waals surface area contributed by atoms with Crippen molar-refractivity contribution in [3.63, 3.8) is 0 Å². The molecule has 0 fully saturated rings. The van der Waals surface area contributed by atoms with Crippen LogP contribution in [0, 0.1) is 0 Å². The smallest absolute Gasteiger partial charge is 0.160 e. The fraction of sp³-hybridized carbons (Fsp3) is 0.250. The fourth-order valence-corrected chi connectivity index (χ4v) is 0.896. The van der Waals surface area contributed by atoms with E-state index in [1.54, 1.807) is 18.5 Å². The van der Waals surface area contributed by atoms with Crippen LogP contribution in [0.25, 0.3) is 0 Å². The van der Waals surface area contributed by atoms with E-state index < -0.39 is 0 Å². The SMILES string of the molecule is C=CCN(C)c1cncc(NN)n1. The maximum absolute atomic E-state index is 5.20. The van der Waals surface area contributed by atoms with Crippen LogP contribution in [-0.4, -0.2) is 23.6 Å². The predicted molar refractivity (Wildman–Crippen MR) is 53.3 cm³/mol. The first-order valence-corrected chi connectivity index (χ1v) is 3.88. The Balaban J connectivity index is 2.81. The number of likely N-dealkylation sites (N-methyl/N-ethyl adjacent to an activating group) is 1. The van der Waals surface area contributed by atoms with Crippen LogP contribution in [0.1, 0.15) is 0 Å². The van der Waals surface area contributed by atoms with Crippen LogP contribution < -0.4 is 16.2 Å². The Morgan fingerprint density at radius 1 is 1.69 bits per heavy atom. The molecule has 1 aromatic heterocycles. The highest BCUT2D eigenvalue weighted by Gasteiger charge is 2.00. The maximum Gasteiger partial charge on any atom is 0.160 e. The summed E-state index contributed by atoms with van der Waals surface area (Å²) in [7, 11) is 1.91. The van der Waals surface area contributed by atoms with Crippen molar-refractivity contribution in [1.82, 2.24) is 9.97 Å². The molecule has 0 amide bonds. The summed E-state index contributed by atoms with van der Waals surface area (Å²) in [6, 6.07) is 0. The van der Waals surface area contributed by atoms with Gasteiger partial charge in [0.2, 0.25) is 0 Å². The Hall–Kier alpha value is -1.62. The monoisotopic (exact) mass is 179 g/mol. The van der Waals surface area contributed by atoms with Crippen molar-refractivity contribution >= 4 is 11.6 Å². The molecule has 0 aromatic carbocycles. The van der Waals surface area contributed by atoms with Crippen molar-refractivity contribution in [2.75, 3.05) is 23.9 Å². The molecule has 0 aliphatic carbocycles. The first kappa shape index (κ1) is 9.47. The zero-order valence-electron chi connectivity index (χ0n) is 7.57. The van der Waals surface area contributed by atoms with E-state index in [2.05, 4.69) is 22.0 Å². The van der Waals surface area contributed by atoms with Crippen molar-refractivity contribution in [2.45, 2.75) is 0 Å². The lowest BCUT2D eigenvalue weighted by Crippen LogP contribution is -2.19. The van der Waals surface area contributed by atoms with Gasteiger partial charge in [-0.25, -0.2) is 10.8 Å². The summed E-state index contributed by atoms with van der Waals surface area (Å²) in [5.41, 5.74) is 2.44.